The van der Waals surface area contributed by atoms with Crippen LogP contribution in [0.15, 0.2) is 62.5 Å². The number of para-hydroxylation sites is 1. The van der Waals surface area contributed by atoms with E-state index in [0.717, 1.165) is 6.07 Å². The summed E-state index contributed by atoms with van der Waals surface area (Å²) in [5.41, 5.74) is -0.909. The van der Waals surface area contributed by atoms with Crippen molar-refractivity contribution >= 4 is 58.1 Å². The molecule has 0 fully saturated rings. The number of phenolic OH excluding ortho intramolecular Hbond substituents is 2. The molecular weight excluding hydrogens is 535 g/mol. The number of hydrogen-bond donors (Lipinski definition) is 6. The van der Waals surface area contributed by atoms with Crippen molar-refractivity contribution in [3.05, 3.63) is 42.5 Å². The van der Waals surface area contributed by atoms with E-state index in [-0.39, 0.29) is 16.8 Å². The Morgan fingerprint density at radius 3 is 2.12 bits per heavy atom. The van der Waals surface area contributed by atoms with Crippen LogP contribution in [0.1, 0.15) is 0 Å². The average Bonchev–Trinajstić information content (AvgIpc) is 2.65. The van der Waals surface area contributed by atoms with Gasteiger partial charge in [-0.05, 0) is 0 Å². The molecule has 0 amide bonds. The molecule has 0 heterocycles. The van der Waals surface area contributed by atoms with Gasteiger partial charge in [0.05, 0.1) is 0 Å². The molecular formula is C16H13AsN2O11S2. The van der Waals surface area contributed by atoms with Crippen LogP contribution >= 0.6 is 0 Å². The topological polar surface area (TPSA) is 224 Å². The molecule has 0 aromatic heterocycles. The number of hydrogen-bond acceptors (Lipinski definition) is 11. The zero-order valence-corrected chi connectivity index (χ0v) is 18.9. The molecule has 32 heavy (non-hydrogen) atoms. The molecule has 6 N–H and O–H groups in total. The minimum absolute atomic E-state index is 0.0956. The first kappa shape index (κ1) is 23.9. The Balaban J connectivity index is 2.29. The summed E-state index contributed by atoms with van der Waals surface area (Å²) in [6.45, 7) is 0. The third-order valence-corrected chi connectivity index (χ3v) is 6.44. The van der Waals surface area contributed by atoms with E-state index in [1.807, 2.05) is 0 Å². The van der Waals surface area contributed by atoms with Gasteiger partial charge >= 0.3 is 173 Å². The number of aromatic hydroxyl groups is 2. The number of fused-ring (bicyclic) bond motifs is 1. The second kappa shape index (κ2) is 8.63. The summed E-state index contributed by atoms with van der Waals surface area (Å²) in [5.74, 6) is -1.94. The Hall–Kier alpha value is -2.78. The summed E-state index contributed by atoms with van der Waals surface area (Å²) in [7, 11) is -9.85. The first-order valence-corrected chi connectivity index (χ1v) is 13.5. The van der Waals surface area contributed by atoms with Crippen molar-refractivity contribution in [3.8, 4) is 17.2 Å². The van der Waals surface area contributed by atoms with Crippen molar-refractivity contribution in [2.75, 3.05) is 0 Å². The van der Waals surface area contributed by atoms with Crippen LogP contribution in [-0.2, 0) is 20.2 Å². The molecule has 0 saturated heterocycles. The molecule has 0 aliphatic rings. The van der Waals surface area contributed by atoms with E-state index in [2.05, 4.69) is 10.2 Å². The first-order chi connectivity index (χ1) is 14.8. The minimum atomic E-state index is -5.05. The summed E-state index contributed by atoms with van der Waals surface area (Å²) in [6.07, 6.45) is 0. The molecule has 0 radical (unpaired) electrons. The molecule has 0 unspecified atom stereocenters. The number of rotatable bonds is 6. The van der Waals surface area contributed by atoms with Crippen LogP contribution in [0.5, 0.6) is 17.2 Å². The zero-order valence-electron chi connectivity index (χ0n) is 15.4. The van der Waals surface area contributed by atoms with Gasteiger partial charge in [-0.2, -0.15) is 8.42 Å². The molecule has 0 saturated carbocycles. The van der Waals surface area contributed by atoms with E-state index in [1.165, 1.54) is 24.3 Å². The van der Waals surface area contributed by atoms with Crippen molar-refractivity contribution in [1.82, 2.24) is 0 Å². The Morgan fingerprint density at radius 2 is 1.53 bits per heavy atom. The molecule has 13 nitrogen and oxygen atoms in total. The SMILES string of the molecule is O=S(=O)(O)c1cc(O)c2c(O)c(N=Nc3ccccc3O[As](O)O)c(S(=O)(=O)O)cc2c1. The maximum absolute atomic E-state index is 11.9. The van der Waals surface area contributed by atoms with E-state index in [0.29, 0.717) is 12.1 Å². The van der Waals surface area contributed by atoms with Gasteiger partial charge in [0.25, 0.3) is 0 Å². The van der Waals surface area contributed by atoms with Crippen LogP contribution in [0.3, 0.4) is 0 Å². The van der Waals surface area contributed by atoms with E-state index in [4.69, 9.17) is 11.9 Å². The molecule has 0 aliphatic heterocycles. The van der Waals surface area contributed by atoms with Gasteiger partial charge in [-0.15, -0.1) is 0 Å². The second-order valence-corrected chi connectivity index (χ2v) is 10.3. The first-order valence-electron chi connectivity index (χ1n) is 8.13. The summed E-state index contributed by atoms with van der Waals surface area (Å²) in [6, 6.07) is 7.67. The van der Waals surface area contributed by atoms with Gasteiger partial charge < -0.3 is 0 Å². The Bertz CT molecular complexity index is 1450. The van der Waals surface area contributed by atoms with Crippen LogP contribution in [0.25, 0.3) is 10.8 Å². The molecule has 3 aromatic carbocycles. The molecule has 0 bridgehead atoms. The fraction of sp³-hybridized carbons (Fsp3) is 0. The number of nitrogens with zero attached hydrogens (tertiary/aromatic N) is 2. The number of benzene rings is 3. The molecule has 0 atom stereocenters. The molecule has 0 spiro atoms. The number of phenols is 2. The standard InChI is InChI=1S/C16H13AsN2O11S2/c20-11-7-9(31(24,25)26)5-8-6-13(32(27,28)29)15(16(21)14(8)11)19-18-10-3-1-2-4-12(10)30-17(22)23/h1-7,20-23H,(H,24,25,26)(H,27,28,29). The number of azo groups is 1. The third kappa shape index (κ3) is 4.99. The van der Waals surface area contributed by atoms with Gasteiger partial charge in [0.2, 0.25) is 0 Å². The predicted octanol–water partition coefficient (Wildman–Crippen LogP) is 1.51. The predicted molar refractivity (Wildman–Crippen MR) is 108 cm³/mol. The van der Waals surface area contributed by atoms with Gasteiger partial charge in [-0.25, -0.2) is 0 Å². The van der Waals surface area contributed by atoms with Gasteiger partial charge in [0.1, 0.15) is 0 Å². The van der Waals surface area contributed by atoms with Gasteiger partial charge in [-0.3, -0.25) is 4.55 Å². The summed E-state index contributed by atoms with van der Waals surface area (Å²) in [4.78, 5) is -1.79. The maximum atomic E-state index is 11.9. The Labute approximate surface area is 185 Å². The van der Waals surface area contributed by atoms with Crippen LogP contribution in [0.4, 0.5) is 11.4 Å². The third-order valence-electron chi connectivity index (χ3n) is 3.98. The molecule has 170 valence electrons. The van der Waals surface area contributed by atoms with E-state index >= 15 is 0 Å². The van der Waals surface area contributed by atoms with Crippen LogP contribution in [-0.4, -0.2) is 60.0 Å². The zero-order chi connectivity index (χ0) is 23.8. The van der Waals surface area contributed by atoms with Crippen molar-refractivity contribution in [3.63, 3.8) is 0 Å². The summed E-state index contributed by atoms with van der Waals surface area (Å²) < 4.78 is 88.3. The summed E-state index contributed by atoms with van der Waals surface area (Å²) >= 11 is -3.59. The Kier molecular flexibility index (Phi) is 6.44. The van der Waals surface area contributed by atoms with Crippen LogP contribution in [0.2, 0.25) is 0 Å². The van der Waals surface area contributed by atoms with Crippen molar-refractivity contribution < 1.29 is 48.1 Å². The summed E-state index contributed by atoms with van der Waals surface area (Å²) in [5, 5.41) is 27.2. The molecule has 3 aromatic rings. The molecule has 0 aliphatic carbocycles. The quantitative estimate of drug-likeness (QED) is 0.147. The van der Waals surface area contributed by atoms with E-state index in [1.54, 1.807) is 0 Å². The fourth-order valence-corrected chi connectivity index (χ4v) is 4.58. The second-order valence-electron chi connectivity index (χ2n) is 6.07. The average molecular weight is 548 g/mol. The van der Waals surface area contributed by atoms with E-state index in [9.17, 15) is 36.2 Å². The fourth-order valence-electron chi connectivity index (χ4n) is 2.69. The molecule has 3 rings (SSSR count). The van der Waals surface area contributed by atoms with Crippen molar-refractivity contribution in [2.45, 2.75) is 9.79 Å². The van der Waals surface area contributed by atoms with Crippen molar-refractivity contribution in [1.29, 1.82) is 0 Å². The van der Waals surface area contributed by atoms with Crippen LogP contribution < -0.4 is 3.73 Å². The van der Waals surface area contributed by atoms with Crippen molar-refractivity contribution in [2.24, 2.45) is 10.2 Å². The van der Waals surface area contributed by atoms with Gasteiger partial charge in [0.15, 0.2) is 0 Å². The van der Waals surface area contributed by atoms with Crippen LogP contribution in [0, 0.1) is 0 Å². The molecule has 16 heteroatoms. The Morgan fingerprint density at radius 1 is 0.875 bits per heavy atom. The van der Waals surface area contributed by atoms with Gasteiger partial charge in [0, 0.05) is 0 Å². The normalized spacial score (nSPS) is 12.7. The monoisotopic (exact) mass is 548 g/mol. The van der Waals surface area contributed by atoms with Gasteiger partial charge in [-0.1, -0.05) is 0 Å². The van der Waals surface area contributed by atoms with E-state index < -0.39 is 68.3 Å².